The zero-order valence-corrected chi connectivity index (χ0v) is 21.5. The fraction of sp³-hybridized carbons (Fsp3) is 0.261. The van der Waals surface area contributed by atoms with Crippen molar-refractivity contribution in [1.82, 2.24) is 19.5 Å². The first-order valence-corrected chi connectivity index (χ1v) is 12.2. The van der Waals surface area contributed by atoms with Crippen molar-refractivity contribution < 1.29 is 19.2 Å². The molecule has 0 atom stereocenters. The standard InChI is InChI=1S/C23H21Cl2N5O5S/c1-23(2,12-31)22(34)30-20(26-10-14-3-4-19(25)36-14)9-16(27-30)17-7-13(24)8-21(33)29(17)11-18(32)15-5-6-35-28-15/h3-9,26,31H,10-12H2,1-2H3. The Labute approximate surface area is 219 Å². The van der Waals surface area contributed by atoms with Gasteiger partial charge in [-0.3, -0.25) is 19.0 Å². The number of hydrogen-bond donors (Lipinski definition) is 2. The van der Waals surface area contributed by atoms with E-state index in [0.29, 0.717) is 16.7 Å². The highest BCUT2D eigenvalue weighted by atomic mass is 35.5. The van der Waals surface area contributed by atoms with Crippen LogP contribution in [0.15, 0.2) is 52.0 Å². The normalized spacial score (nSPS) is 11.6. The number of aliphatic hydroxyl groups is 1. The van der Waals surface area contributed by atoms with Gasteiger partial charge >= 0.3 is 0 Å². The van der Waals surface area contributed by atoms with Crippen LogP contribution in [-0.2, 0) is 13.1 Å². The Bertz CT molecular complexity index is 1470. The molecule has 4 aromatic heterocycles. The summed E-state index contributed by atoms with van der Waals surface area (Å²) >= 11 is 13.6. The molecule has 0 amide bonds. The van der Waals surface area contributed by atoms with Crippen LogP contribution in [0.1, 0.15) is 34.0 Å². The van der Waals surface area contributed by atoms with E-state index in [1.807, 2.05) is 6.07 Å². The number of nitrogens with zero attached hydrogens (tertiary/aromatic N) is 4. The molecule has 0 unspecified atom stereocenters. The van der Waals surface area contributed by atoms with Gasteiger partial charge in [0.25, 0.3) is 11.5 Å². The third-order valence-electron chi connectivity index (χ3n) is 5.33. The molecular weight excluding hydrogens is 529 g/mol. The lowest BCUT2D eigenvalue weighted by Gasteiger charge is -2.20. The van der Waals surface area contributed by atoms with Crippen LogP contribution >= 0.6 is 34.5 Å². The van der Waals surface area contributed by atoms with Gasteiger partial charge in [-0.05, 0) is 32.0 Å². The van der Waals surface area contributed by atoms with Crippen LogP contribution in [0, 0.1) is 5.41 Å². The van der Waals surface area contributed by atoms with E-state index in [9.17, 15) is 19.5 Å². The second-order valence-corrected chi connectivity index (χ2v) is 10.8. The topological polar surface area (TPSA) is 132 Å². The molecule has 0 fully saturated rings. The maximum atomic E-state index is 13.2. The molecule has 0 aliphatic carbocycles. The minimum Gasteiger partial charge on any atom is -0.395 e. The Morgan fingerprint density at radius 1 is 1.19 bits per heavy atom. The number of hydrogen-bond acceptors (Lipinski definition) is 9. The number of anilines is 1. The Kier molecular flexibility index (Phi) is 7.46. The molecule has 0 aliphatic rings. The first kappa shape index (κ1) is 25.8. The third kappa shape index (κ3) is 5.44. The van der Waals surface area contributed by atoms with Crippen molar-refractivity contribution in [1.29, 1.82) is 0 Å². The van der Waals surface area contributed by atoms with Gasteiger partial charge in [0.1, 0.15) is 17.8 Å². The number of thiophene rings is 1. The van der Waals surface area contributed by atoms with Gasteiger partial charge in [-0.15, -0.1) is 11.3 Å². The van der Waals surface area contributed by atoms with Crippen LogP contribution in [0.2, 0.25) is 9.36 Å². The van der Waals surface area contributed by atoms with Crippen LogP contribution in [0.5, 0.6) is 0 Å². The maximum Gasteiger partial charge on any atom is 0.256 e. The predicted molar refractivity (Wildman–Crippen MR) is 136 cm³/mol. The van der Waals surface area contributed by atoms with Crippen molar-refractivity contribution in [2.24, 2.45) is 5.41 Å². The van der Waals surface area contributed by atoms with Crippen molar-refractivity contribution in [3.63, 3.8) is 0 Å². The van der Waals surface area contributed by atoms with E-state index >= 15 is 0 Å². The monoisotopic (exact) mass is 549 g/mol. The van der Waals surface area contributed by atoms with Crippen molar-refractivity contribution in [3.05, 3.63) is 72.9 Å². The van der Waals surface area contributed by atoms with Gasteiger partial charge in [-0.1, -0.05) is 28.4 Å². The van der Waals surface area contributed by atoms with Gasteiger partial charge in [0.15, 0.2) is 5.69 Å². The average Bonchev–Trinajstić information content (AvgIpc) is 3.59. The molecule has 0 aliphatic heterocycles. The molecule has 0 radical (unpaired) electrons. The van der Waals surface area contributed by atoms with Crippen molar-refractivity contribution in [2.45, 2.75) is 26.9 Å². The van der Waals surface area contributed by atoms with E-state index in [1.165, 1.54) is 40.4 Å². The number of rotatable bonds is 9. The predicted octanol–water partition coefficient (Wildman–Crippen LogP) is 4.22. The number of ketones is 1. The molecule has 13 heteroatoms. The average molecular weight is 550 g/mol. The van der Waals surface area contributed by atoms with Crippen LogP contribution in [0.3, 0.4) is 0 Å². The second kappa shape index (κ2) is 10.4. The van der Waals surface area contributed by atoms with E-state index in [0.717, 1.165) is 9.56 Å². The Morgan fingerprint density at radius 2 is 1.97 bits per heavy atom. The van der Waals surface area contributed by atoms with Crippen molar-refractivity contribution in [3.8, 4) is 11.4 Å². The number of carbonyl (C=O) groups is 2. The van der Waals surface area contributed by atoms with Crippen LogP contribution in [-0.4, -0.2) is 42.9 Å². The number of aliphatic hydroxyl groups excluding tert-OH is 1. The summed E-state index contributed by atoms with van der Waals surface area (Å²) < 4.78 is 7.67. The van der Waals surface area contributed by atoms with Crippen LogP contribution < -0.4 is 10.9 Å². The van der Waals surface area contributed by atoms with Gasteiger partial charge in [-0.2, -0.15) is 9.78 Å². The molecule has 4 rings (SSSR count). The molecule has 0 saturated heterocycles. The number of nitrogens with one attached hydrogen (secondary N) is 1. The third-order valence-corrected chi connectivity index (χ3v) is 6.78. The number of pyridine rings is 1. The summed E-state index contributed by atoms with van der Waals surface area (Å²) in [4.78, 5) is 39.6. The van der Waals surface area contributed by atoms with E-state index in [4.69, 9.17) is 27.7 Å². The first-order valence-electron chi connectivity index (χ1n) is 10.7. The van der Waals surface area contributed by atoms with E-state index < -0.39 is 29.3 Å². The molecule has 4 heterocycles. The number of carbonyl (C=O) groups excluding carboxylic acids is 2. The fourth-order valence-electron chi connectivity index (χ4n) is 3.29. The number of Topliss-reactive ketones (excluding diaryl/α,β-unsaturated/α-hetero) is 1. The van der Waals surface area contributed by atoms with Crippen LogP contribution in [0.25, 0.3) is 11.4 Å². The quantitative estimate of drug-likeness (QED) is 0.296. The highest BCUT2D eigenvalue weighted by molar-refractivity contribution is 7.16. The summed E-state index contributed by atoms with van der Waals surface area (Å²) in [6, 6.07) is 9.25. The SMILES string of the molecule is CC(C)(CO)C(=O)n1nc(-c2cc(Cl)cc(=O)n2CC(=O)c2ccon2)cc1NCc1ccc(Cl)s1. The molecule has 4 aromatic rings. The highest BCUT2D eigenvalue weighted by Crippen LogP contribution is 2.28. The van der Waals surface area contributed by atoms with Gasteiger partial charge in [0, 0.05) is 28.1 Å². The second-order valence-electron chi connectivity index (χ2n) is 8.52. The lowest BCUT2D eigenvalue weighted by Crippen LogP contribution is -2.34. The molecule has 0 aromatic carbocycles. The van der Waals surface area contributed by atoms with E-state index in [-0.39, 0.29) is 28.6 Å². The van der Waals surface area contributed by atoms with Crippen molar-refractivity contribution in [2.75, 3.05) is 11.9 Å². The summed E-state index contributed by atoms with van der Waals surface area (Å²) in [5, 5.41) is 21.1. The zero-order valence-electron chi connectivity index (χ0n) is 19.2. The smallest absolute Gasteiger partial charge is 0.256 e. The zero-order chi connectivity index (χ0) is 26.0. The number of halogens is 2. The molecular formula is C23H21Cl2N5O5S. The lowest BCUT2D eigenvalue weighted by molar-refractivity contribution is 0.0616. The summed E-state index contributed by atoms with van der Waals surface area (Å²) in [7, 11) is 0. The molecule has 188 valence electrons. The molecule has 0 spiro atoms. The van der Waals surface area contributed by atoms with E-state index in [2.05, 4.69) is 15.6 Å². The Hall–Kier alpha value is -3.25. The molecule has 0 saturated carbocycles. The van der Waals surface area contributed by atoms with Gasteiger partial charge in [0.05, 0.1) is 35.1 Å². The molecule has 10 nitrogen and oxygen atoms in total. The summed E-state index contributed by atoms with van der Waals surface area (Å²) in [6.07, 6.45) is 1.26. The fourth-order valence-corrected chi connectivity index (χ4v) is 4.51. The maximum absolute atomic E-state index is 13.2. The molecule has 2 N–H and O–H groups in total. The summed E-state index contributed by atoms with van der Waals surface area (Å²) in [5.41, 5.74) is -1.17. The molecule has 0 bridgehead atoms. The Morgan fingerprint density at radius 3 is 2.61 bits per heavy atom. The summed E-state index contributed by atoms with van der Waals surface area (Å²) in [5.74, 6) is -0.611. The van der Waals surface area contributed by atoms with Gasteiger partial charge < -0.3 is 14.9 Å². The lowest BCUT2D eigenvalue weighted by atomic mass is 9.94. The Balaban J connectivity index is 1.78. The molecule has 36 heavy (non-hydrogen) atoms. The first-order chi connectivity index (χ1) is 17.1. The van der Waals surface area contributed by atoms with E-state index in [1.54, 1.807) is 26.0 Å². The number of aromatic nitrogens is 4. The minimum atomic E-state index is -1.14. The highest BCUT2D eigenvalue weighted by Gasteiger charge is 2.31. The van der Waals surface area contributed by atoms with Crippen molar-refractivity contribution >= 4 is 52.0 Å². The van der Waals surface area contributed by atoms with Gasteiger partial charge in [-0.25, -0.2) is 0 Å². The van der Waals surface area contributed by atoms with Crippen LogP contribution in [0.4, 0.5) is 5.82 Å². The minimum absolute atomic E-state index is 0.0603. The summed E-state index contributed by atoms with van der Waals surface area (Å²) in [6.45, 7) is 2.77. The van der Waals surface area contributed by atoms with Gasteiger partial charge in [0.2, 0.25) is 5.78 Å². The largest absolute Gasteiger partial charge is 0.395 e.